The number of aromatic nitrogens is 2. The van der Waals surface area contributed by atoms with Gasteiger partial charge in [0.15, 0.2) is 0 Å². The highest BCUT2D eigenvalue weighted by molar-refractivity contribution is 5.85. The van der Waals surface area contributed by atoms with Crippen molar-refractivity contribution in [2.45, 2.75) is 20.8 Å². The Morgan fingerprint density at radius 3 is 2.08 bits per heavy atom. The Morgan fingerprint density at radius 2 is 1.92 bits per heavy atom. The maximum Gasteiger partial charge on any atom is 0.213 e. The quantitative estimate of drug-likeness (QED) is 0.471. The molecule has 0 aliphatic heterocycles. The predicted molar refractivity (Wildman–Crippen MR) is 51.0 cm³/mol. The van der Waals surface area contributed by atoms with Crippen molar-refractivity contribution in [3.8, 4) is 0 Å². The molecule has 5 heteroatoms. The number of nitrogen functional groups attached to an aromatic ring is 1. The minimum Gasteiger partial charge on any atom is -0.368 e. The third kappa shape index (κ3) is 1.58. The fourth-order valence-electron chi connectivity index (χ4n) is 0.955. The van der Waals surface area contributed by atoms with Gasteiger partial charge in [0, 0.05) is 5.69 Å². The number of halogens is 1. The van der Waals surface area contributed by atoms with Crippen molar-refractivity contribution in [1.29, 1.82) is 5.41 Å². The molecule has 0 fully saturated rings. The molecule has 0 atom stereocenters. The highest BCUT2D eigenvalue weighted by atomic mass is 35.5. The second-order valence-electron chi connectivity index (χ2n) is 2.59. The van der Waals surface area contributed by atoms with Crippen molar-refractivity contribution in [3.63, 3.8) is 0 Å². The molecule has 68 valence electrons. The number of nitrogens with one attached hydrogen (secondary N) is 1. The molecule has 12 heavy (non-hydrogen) atoms. The van der Waals surface area contributed by atoms with E-state index in [1.54, 1.807) is 0 Å². The number of aryl methyl sites for hydroxylation is 1. The lowest BCUT2D eigenvalue weighted by Gasteiger charge is -1.98. The summed E-state index contributed by atoms with van der Waals surface area (Å²) in [4.78, 5) is 0. The van der Waals surface area contributed by atoms with Crippen molar-refractivity contribution in [1.82, 2.24) is 9.78 Å². The lowest BCUT2D eigenvalue weighted by molar-refractivity contribution is 0.863. The maximum atomic E-state index is 7.16. The summed E-state index contributed by atoms with van der Waals surface area (Å²) in [6, 6.07) is 0. The van der Waals surface area contributed by atoms with Crippen LogP contribution in [-0.4, -0.2) is 15.7 Å². The molecule has 1 aromatic rings. The van der Waals surface area contributed by atoms with Crippen LogP contribution >= 0.6 is 12.4 Å². The molecule has 4 nitrogen and oxygen atoms in total. The first kappa shape index (κ1) is 11.0. The van der Waals surface area contributed by atoms with Crippen LogP contribution < -0.4 is 5.73 Å². The van der Waals surface area contributed by atoms with Gasteiger partial charge in [-0.2, -0.15) is 5.10 Å². The van der Waals surface area contributed by atoms with Gasteiger partial charge in [-0.15, -0.1) is 12.4 Å². The van der Waals surface area contributed by atoms with E-state index in [4.69, 9.17) is 11.1 Å². The highest BCUT2D eigenvalue weighted by Gasteiger charge is 2.07. The Bertz CT molecular complexity index is 303. The summed E-state index contributed by atoms with van der Waals surface area (Å²) in [5, 5.41) is 11.2. The standard InChI is InChI=1S/C7H12N4.ClH/c1-4-5(2)10-11(6(4)3)7(8)9;/h1-3H3,(H3,8,9);1H. The number of nitrogens with zero attached hydrogens (tertiary/aromatic N) is 2. The molecule has 1 heterocycles. The molecule has 0 aromatic carbocycles. The predicted octanol–water partition coefficient (Wildman–Crippen LogP) is 0.972. The van der Waals surface area contributed by atoms with E-state index in [1.807, 2.05) is 20.8 Å². The van der Waals surface area contributed by atoms with Gasteiger partial charge in [0.05, 0.1) is 5.69 Å². The van der Waals surface area contributed by atoms with E-state index in [0.717, 1.165) is 17.0 Å². The van der Waals surface area contributed by atoms with E-state index < -0.39 is 0 Å². The van der Waals surface area contributed by atoms with Crippen molar-refractivity contribution in [2.75, 3.05) is 0 Å². The maximum absolute atomic E-state index is 7.16. The van der Waals surface area contributed by atoms with Gasteiger partial charge in [-0.3, -0.25) is 5.41 Å². The van der Waals surface area contributed by atoms with Gasteiger partial charge in [-0.1, -0.05) is 0 Å². The van der Waals surface area contributed by atoms with Gasteiger partial charge in [0.1, 0.15) is 0 Å². The monoisotopic (exact) mass is 188 g/mol. The van der Waals surface area contributed by atoms with Crippen LogP contribution in [0.2, 0.25) is 0 Å². The van der Waals surface area contributed by atoms with Crippen LogP contribution in [-0.2, 0) is 0 Å². The molecule has 0 aliphatic carbocycles. The van der Waals surface area contributed by atoms with Crippen LogP contribution in [0.3, 0.4) is 0 Å². The Labute approximate surface area is 77.7 Å². The summed E-state index contributed by atoms with van der Waals surface area (Å²) < 4.78 is 1.44. The SMILES string of the molecule is Cc1nn(C(=N)N)c(C)c1C.Cl. The van der Waals surface area contributed by atoms with Crippen LogP contribution in [0.4, 0.5) is 0 Å². The zero-order chi connectivity index (χ0) is 8.59. The minimum absolute atomic E-state index is 0. The summed E-state index contributed by atoms with van der Waals surface area (Å²) in [5.74, 6) is -0.0290. The Balaban J connectivity index is 0.00000121. The fraction of sp³-hybridized carbons (Fsp3) is 0.429. The lowest BCUT2D eigenvalue weighted by atomic mass is 10.2. The first-order chi connectivity index (χ1) is 5.04. The third-order valence-electron chi connectivity index (χ3n) is 1.88. The molecule has 0 spiro atoms. The van der Waals surface area contributed by atoms with Crippen LogP contribution in [0, 0.1) is 26.2 Å². The molecule has 0 saturated heterocycles. The van der Waals surface area contributed by atoms with Crippen LogP contribution in [0.1, 0.15) is 17.0 Å². The minimum atomic E-state index is -0.0290. The molecule has 1 rings (SSSR count). The zero-order valence-electron chi connectivity index (χ0n) is 7.38. The molecule has 0 bridgehead atoms. The molecule has 0 unspecified atom stereocenters. The molecule has 0 aliphatic rings. The van der Waals surface area contributed by atoms with Crippen molar-refractivity contribution in [2.24, 2.45) is 5.73 Å². The number of hydrogen-bond donors (Lipinski definition) is 2. The topological polar surface area (TPSA) is 67.7 Å². The highest BCUT2D eigenvalue weighted by Crippen LogP contribution is 2.09. The van der Waals surface area contributed by atoms with Crippen molar-refractivity contribution in [3.05, 3.63) is 17.0 Å². The van der Waals surface area contributed by atoms with Gasteiger partial charge in [-0.25, -0.2) is 4.68 Å². The van der Waals surface area contributed by atoms with Crippen LogP contribution in [0.25, 0.3) is 0 Å². The van der Waals surface area contributed by atoms with E-state index in [9.17, 15) is 0 Å². The van der Waals surface area contributed by atoms with Gasteiger partial charge in [0.2, 0.25) is 5.96 Å². The van der Waals surface area contributed by atoms with E-state index in [-0.39, 0.29) is 18.4 Å². The van der Waals surface area contributed by atoms with Gasteiger partial charge < -0.3 is 5.73 Å². The molecule has 1 aromatic heterocycles. The largest absolute Gasteiger partial charge is 0.368 e. The van der Waals surface area contributed by atoms with E-state index in [0.29, 0.717) is 0 Å². The molecule has 0 saturated carbocycles. The number of hydrogen-bond acceptors (Lipinski definition) is 2. The van der Waals surface area contributed by atoms with Crippen LogP contribution in [0.15, 0.2) is 0 Å². The average molecular weight is 189 g/mol. The lowest BCUT2D eigenvalue weighted by Crippen LogP contribution is -2.23. The van der Waals surface area contributed by atoms with Gasteiger partial charge >= 0.3 is 0 Å². The Hall–Kier alpha value is -1.03. The van der Waals surface area contributed by atoms with Gasteiger partial charge in [0.25, 0.3) is 0 Å². The zero-order valence-corrected chi connectivity index (χ0v) is 8.20. The molecular formula is C7H13ClN4. The summed E-state index contributed by atoms with van der Waals surface area (Å²) in [5.41, 5.74) is 8.25. The van der Waals surface area contributed by atoms with Crippen molar-refractivity contribution < 1.29 is 0 Å². The summed E-state index contributed by atoms with van der Waals surface area (Å²) >= 11 is 0. The molecular weight excluding hydrogens is 176 g/mol. The van der Waals surface area contributed by atoms with Crippen molar-refractivity contribution >= 4 is 18.4 Å². The smallest absolute Gasteiger partial charge is 0.213 e. The third-order valence-corrected chi connectivity index (χ3v) is 1.88. The fourth-order valence-corrected chi connectivity index (χ4v) is 0.955. The normalized spacial score (nSPS) is 9.25. The van der Waals surface area contributed by atoms with E-state index in [2.05, 4.69) is 5.10 Å². The second kappa shape index (κ2) is 3.58. The molecule has 3 N–H and O–H groups in total. The molecule has 0 amide bonds. The Morgan fingerprint density at radius 1 is 1.42 bits per heavy atom. The number of nitrogens with two attached hydrogens (primary N) is 1. The van der Waals surface area contributed by atoms with E-state index >= 15 is 0 Å². The first-order valence-corrected chi connectivity index (χ1v) is 3.41. The van der Waals surface area contributed by atoms with Crippen LogP contribution in [0.5, 0.6) is 0 Å². The number of rotatable bonds is 0. The summed E-state index contributed by atoms with van der Waals surface area (Å²) in [6.07, 6.45) is 0. The van der Waals surface area contributed by atoms with E-state index in [1.165, 1.54) is 4.68 Å². The second-order valence-corrected chi connectivity index (χ2v) is 2.59. The van der Waals surface area contributed by atoms with Gasteiger partial charge in [-0.05, 0) is 26.3 Å². The summed E-state index contributed by atoms with van der Waals surface area (Å²) in [6.45, 7) is 5.77. The molecule has 0 radical (unpaired) electrons. The summed E-state index contributed by atoms with van der Waals surface area (Å²) in [7, 11) is 0. The average Bonchev–Trinajstić information content (AvgIpc) is 2.17. The first-order valence-electron chi connectivity index (χ1n) is 3.41. The Kier molecular flexibility index (Phi) is 3.27.